The third-order valence-corrected chi connectivity index (χ3v) is 9.99. The maximum atomic E-state index is 13.0. The Labute approximate surface area is 253 Å². The molecule has 1 saturated heterocycles. The van der Waals surface area contributed by atoms with Crippen LogP contribution in [0.5, 0.6) is 0 Å². The van der Waals surface area contributed by atoms with Gasteiger partial charge in [0.2, 0.25) is 21.8 Å². The minimum atomic E-state index is -3.80. The fourth-order valence-electron chi connectivity index (χ4n) is 6.67. The normalized spacial score (nSPS) is 24.0. The number of fused-ring (bicyclic) bond motifs is 1. The van der Waals surface area contributed by atoms with Crippen LogP contribution in [0.3, 0.4) is 0 Å². The lowest BCUT2D eigenvalue weighted by Crippen LogP contribution is -2.41. The van der Waals surface area contributed by atoms with Crippen LogP contribution in [-0.2, 0) is 21.3 Å². The van der Waals surface area contributed by atoms with Crippen LogP contribution in [0, 0.1) is 17.8 Å². The van der Waals surface area contributed by atoms with E-state index in [2.05, 4.69) is 50.7 Å². The minimum Gasteiger partial charge on any atom is -0.377 e. The number of sulfonamides is 1. The van der Waals surface area contributed by atoms with Gasteiger partial charge in [-0.2, -0.15) is 4.98 Å². The van der Waals surface area contributed by atoms with Gasteiger partial charge in [0.25, 0.3) is 0 Å². The van der Waals surface area contributed by atoms with Gasteiger partial charge in [0.15, 0.2) is 11.5 Å². The van der Waals surface area contributed by atoms with E-state index in [-0.39, 0.29) is 17.9 Å². The highest BCUT2D eigenvalue weighted by molar-refractivity contribution is 7.89. The zero-order valence-corrected chi connectivity index (χ0v) is 26.1. The first-order valence-corrected chi connectivity index (χ1v) is 17.5. The SMILES string of the molecule is CC1CCC(Cn2c(N3CCOC[C@H]3c3ccccc3)nc3nc(C(=O)NS(C)(=O)=O)nc(N[C@H](C)C4CCC4)c32)CC1. The number of ether oxygens (including phenoxy) is 1. The lowest BCUT2D eigenvalue weighted by atomic mass is 9.80. The molecular formula is C31H43N7O4S. The molecule has 2 N–H and O–H groups in total. The van der Waals surface area contributed by atoms with Gasteiger partial charge in [-0.15, -0.1) is 0 Å². The lowest BCUT2D eigenvalue weighted by molar-refractivity contribution is 0.0927. The number of anilines is 2. The second-order valence-corrected chi connectivity index (χ2v) is 14.5. The second kappa shape index (κ2) is 12.4. The second-order valence-electron chi connectivity index (χ2n) is 12.7. The first-order chi connectivity index (χ1) is 20.7. The number of imidazole rings is 1. The Morgan fingerprint density at radius 3 is 2.49 bits per heavy atom. The molecule has 12 heteroatoms. The summed E-state index contributed by atoms with van der Waals surface area (Å²) >= 11 is 0. The van der Waals surface area contributed by atoms with Gasteiger partial charge in [-0.1, -0.05) is 56.5 Å². The van der Waals surface area contributed by atoms with E-state index in [1.807, 2.05) is 22.9 Å². The molecule has 3 fully saturated rings. The van der Waals surface area contributed by atoms with Gasteiger partial charge in [0, 0.05) is 19.1 Å². The van der Waals surface area contributed by atoms with Gasteiger partial charge >= 0.3 is 5.91 Å². The van der Waals surface area contributed by atoms with Crippen molar-refractivity contribution in [3.8, 4) is 0 Å². The Morgan fingerprint density at radius 2 is 1.81 bits per heavy atom. The summed E-state index contributed by atoms with van der Waals surface area (Å²) in [5.74, 6) is 1.94. The van der Waals surface area contributed by atoms with Crippen molar-refractivity contribution < 1.29 is 17.9 Å². The number of carbonyl (C=O) groups is 1. The van der Waals surface area contributed by atoms with E-state index >= 15 is 0 Å². The molecular weight excluding hydrogens is 566 g/mol. The van der Waals surface area contributed by atoms with Gasteiger partial charge in [0.1, 0.15) is 5.52 Å². The molecule has 0 radical (unpaired) electrons. The van der Waals surface area contributed by atoms with Crippen molar-refractivity contribution in [3.63, 3.8) is 0 Å². The predicted molar refractivity (Wildman–Crippen MR) is 167 cm³/mol. The number of carbonyl (C=O) groups excluding carboxylic acids is 1. The van der Waals surface area contributed by atoms with Crippen LogP contribution in [0.1, 0.15) is 81.0 Å². The molecule has 1 amide bonds. The van der Waals surface area contributed by atoms with Crippen molar-refractivity contribution in [2.75, 3.05) is 36.2 Å². The Hall–Kier alpha value is -3.25. The number of aromatic nitrogens is 4. The molecule has 1 aliphatic heterocycles. The molecule has 11 nitrogen and oxygen atoms in total. The van der Waals surface area contributed by atoms with E-state index in [4.69, 9.17) is 9.72 Å². The first kappa shape index (κ1) is 29.8. The number of morpholine rings is 1. The third kappa shape index (κ3) is 6.64. The van der Waals surface area contributed by atoms with E-state index in [0.29, 0.717) is 43.1 Å². The number of nitrogens with zero attached hydrogens (tertiary/aromatic N) is 5. The molecule has 232 valence electrons. The molecule has 0 bridgehead atoms. The lowest BCUT2D eigenvalue weighted by Gasteiger charge is -2.37. The summed E-state index contributed by atoms with van der Waals surface area (Å²) < 4.78 is 34.1. The molecule has 0 unspecified atom stereocenters. The van der Waals surface area contributed by atoms with Crippen molar-refractivity contribution in [1.82, 2.24) is 24.2 Å². The van der Waals surface area contributed by atoms with Crippen LogP contribution in [0.2, 0.25) is 0 Å². The fourth-order valence-corrected chi connectivity index (χ4v) is 7.10. The van der Waals surface area contributed by atoms with Crippen molar-refractivity contribution in [1.29, 1.82) is 0 Å². The molecule has 2 aliphatic carbocycles. The largest absolute Gasteiger partial charge is 0.377 e. The molecule has 2 aromatic heterocycles. The Kier molecular flexibility index (Phi) is 8.59. The summed E-state index contributed by atoms with van der Waals surface area (Å²) in [6, 6.07) is 10.4. The zero-order valence-electron chi connectivity index (χ0n) is 25.3. The van der Waals surface area contributed by atoms with E-state index in [1.54, 1.807) is 0 Å². The third-order valence-electron chi connectivity index (χ3n) is 9.43. The van der Waals surface area contributed by atoms with Gasteiger partial charge < -0.3 is 19.5 Å². The van der Waals surface area contributed by atoms with Crippen molar-refractivity contribution in [2.24, 2.45) is 17.8 Å². The van der Waals surface area contributed by atoms with Crippen LogP contribution in [0.25, 0.3) is 11.2 Å². The minimum absolute atomic E-state index is 0.0387. The topological polar surface area (TPSA) is 131 Å². The number of hydrogen-bond acceptors (Lipinski definition) is 9. The molecule has 3 heterocycles. The summed E-state index contributed by atoms with van der Waals surface area (Å²) in [5.41, 5.74) is 2.28. The molecule has 2 atom stereocenters. The van der Waals surface area contributed by atoms with Crippen LogP contribution >= 0.6 is 0 Å². The van der Waals surface area contributed by atoms with E-state index in [1.165, 1.54) is 19.3 Å². The summed E-state index contributed by atoms with van der Waals surface area (Å²) in [4.78, 5) is 29.6. The summed E-state index contributed by atoms with van der Waals surface area (Å²) in [6.45, 7) is 7.00. The summed E-state index contributed by atoms with van der Waals surface area (Å²) in [7, 11) is -3.80. The van der Waals surface area contributed by atoms with Crippen LogP contribution in [0.15, 0.2) is 30.3 Å². The van der Waals surface area contributed by atoms with Crippen LogP contribution in [0.4, 0.5) is 11.8 Å². The summed E-state index contributed by atoms with van der Waals surface area (Å²) in [5, 5.41) is 3.60. The summed E-state index contributed by atoms with van der Waals surface area (Å²) in [6.07, 6.45) is 9.12. The predicted octanol–water partition coefficient (Wildman–Crippen LogP) is 4.52. The smallest absolute Gasteiger partial charge is 0.302 e. The van der Waals surface area contributed by atoms with Gasteiger partial charge in [0.05, 0.1) is 25.5 Å². The maximum Gasteiger partial charge on any atom is 0.302 e. The van der Waals surface area contributed by atoms with Crippen molar-refractivity contribution in [3.05, 3.63) is 41.7 Å². The molecule has 43 heavy (non-hydrogen) atoms. The monoisotopic (exact) mass is 609 g/mol. The van der Waals surface area contributed by atoms with E-state index < -0.39 is 15.9 Å². The molecule has 3 aromatic rings. The standard InChI is InChI=1S/C31H43N7O4S/c1-20-12-14-22(15-13-20)18-38-26-27(32-21(2)23-10-7-11-23)33-29(30(39)36-43(3,40)41)34-28(26)35-31(38)37-16-17-42-19-25(37)24-8-5-4-6-9-24/h4-6,8-9,20-23,25H,7,10-19H2,1-3H3,(H,36,39)(H,32,33,34)/t20?,21-,22?,25+/m1/s1. The van der Waals surface area contributed by atoms with Gasteiger partial charge in [-0.25, -0.2) is 23.1 Å². The molecule has 6 rings (SSSR count). The number of rotatable bonds is 9. The fraction of sp³-hybridized carbons (Fsp3) is 0.613. The molecule has 2 saturated carbocycles. The van der Waals surface area contributed by atoms with E-state index in [0.717, 1.165) is 61.4 Å². The average molecular weight is 610 g/mol. The van der Waals surface area contributed by atoms with Crippen LogP contribution in [-0.4, -0.2) is 65.9 Å². The van der Waals surface area contributed by atoms with Gasteiger partial charge in [-0.3, -0.25) is 4.79 Å². The molecule has 1 aromatic carbocycles. The number of amides is 1. The highest BCUT2D eigenvalue weighted by atomic mass is 32.2. The average Bonchev–Trinajstić information content (AvgIpc) is 3.31. The Morgan fingerprint density at radius 1 is 1.07 bits per heavy atom. The number of nitrogens with one attached hydrogen (secondary N) is 2. The maximum absolute atomic E-state index is 13.0. The van der Waals surface area contributed by atoms with Crippen LogP contribution < -0.4 is 14.9 Å². The first-order valence-electron chi connectivity index (χ1n) is 15.6. The zero-order chi connectivity index (χ0) is 30.1. The highest BCUT2D eigenvalue weighted by Crippen LogP contribution is 2.38. The van der Waals surface area contributed by atoms with Crippen molar-refractivity contribution >= 4 is 38.9 Å². The molecule has 0 spiro atoms. The van der Waals surface area contributed by atoms with Gasteiger partial charge in [-0.05, 0) is 55.9 Å². The van der Waals surface area contributed by atoms with E-state index in [9.17, 15) is 13.2 Å². The number of benzene rings is 1. The number of hydrogen-bond donors (Lipinski definition) is 2. The quantitative estimate of drug-likeness (QED) is 0.359. The molecule has 3 aliphatic rings. The Bertz CT molecular complexity index is 1550. The van der Waals surface area contributed by atoms with Crippen molar-refractivity contribution in [2.45, 2.75) is 77.4 Å². The Balaban J connectivity index is 1.49. The highest BCUT2D eigenvalue weighted by Gasteiger charge is 2.33.